The Hall–Kier alpha value is -1.79. The van der Waals surface area contributed by atoms with Crippen molar-refractivity contribution < 1.29 is 14.0 Å². The first-order valence-electron chi connectivity index (χ1n) is 6.30. The van der Waals surface area contributed by atoms with Crippen molar-refractivity contribution in [1.29, 1.82) is 0 Å². The average Bonchev–Trinajstić information content (AvgIpc) is 3.04. The number of rotatable bonds is 5. The van der Waals surface area contributed by atoms with Crippen LogP contribution in [0.25, 0.3) is 0 Å². The van der Waals surface area contributed by atoms with Gasteiger partial charge in [0.05, 0.1) is 5.02 Å². The fourth-order valence-electron chi connectivity index (χ4n) is 1.99. The third kappa shape index (κ3) is 2.86. The predicted molar refractivity (Wildman–Crippen MR) is 72.0 cm³/mol. The van der Waals surface area contributed by atoms with Crippen LogP contribution in [0.2, 0.25) is 5.02 Å². The van der Waals surface area contributed by atoms with Crippen LogP contribution in [-0.4, -0.2) is 23.5 Å². The second-order valence-corrected chi connectivity index (χ2v) is 4.88. The Morgan fingerprint density at radius 3 is 3.05 bits per heavy atom. The minimum atomic E-state index is 0.225. The molecule has 0 aliphatic carbocycles. The van der Waals surface area contributed by atoms with Gasteiger partial charge < -0.3 is 19.3 Å². The molecule has 1 N–H and O–H groups in total. The molecular weight excluding hydrogens is 282 g/mol. The van der Waals surface area contributed by atoms with Gasteiger partial charge in [-0.25, -0.2) is 0 Å². The van der Waals surface area contributed by atoms with Crippen LogP contribution in [0.1, 0.15) is 17.3 Å². The van der Waals surface area contributed by atoms with Gasteiger partial charge in [-0.1, -0.05) is 16.8 Å². The van der Waals surface area contributed by atoms with Crippen LogP contribution in [-0.2, 0) is 13.0 Å². The third-order valence-corrected chi connectivity index (χ3v) is 3.18. The normalized spacial score (nSPS) is 12.9. The lowest BCUT2D eigenvalue weighted by atomic mass is 10.2. The van der Waals surface area contributed by atoms with Gasteiger partial charge in [-0.2, -0.15) is 4.98 Å². The number of nitrogens with one attached hydrogen (secondary N) is 1. The highest BCUT2D eigenvalue weighted by Crippen LogP contribution is 2.39. The van der Waals surface area contributed by atoms with E-state index in [0.29, 0.717) is 41.2 Å². The molecule has 6 nitrogen and oxygen atoms in total. The quantitative estimate of drug-likeness (QED) is 0.852. The van der Waals surface area contributed by atoms with Crippen molar-refractivity contribution in [3.05, 3.63) is 34.4 Å². The van der Waals surface area contributed by atoms with Crippen LogP contribution in [0.4, 0.5) is 0 Å². The summed E-state index contributed by atoms with van der Waals surface area (Å²) in [4.78, 5) is 4.14. The average molecular weight is 296 g/mol. The summed E-state index contributed by atoms with van der Waals surface area (Å²) in [6.07, 6.45) is 0.694. The summed E-state index contributed by atoms with van der Waals surface area (Å²) in [6.45, 7) is 3.45. The number of fused-ring (bicyclic) bond motifs is 1. The number of aryl methyl sites for hydroxylation is 1. The van der Waals surface area contributed by atoms with E-state index in [-0.39, 0.29) is 6.79 Å². The standard InChI is InChI=1S/C13H14ClN3O3/c1-8-16-12(20-17-8)2-3-15-6-9-4-10(14)13-11(5-9)18-7-19-13/h4-5,15H,2-3,6-7H2,1H3. The van der Waals surface area contributed by atoms with Gasteiger partial charge in [0.25, 0.3) is 0 Å². The van der Waals surface area contributed by atoms with E-state index in [4.69, 9.17) is 25.6 Å². The number of aromatic nitrogens is 2. The Kier molecular flexibility index (Phi) is 3.75. The Labute approximate surface area is 121 Å². The molecule has 1 aromatic carbocycles. The van der Waals surface area contributed by atoms with Gasteiger partial charge in [-0.05, 0) is 24.6 Å². The van der Waals surface area contributed by atoms with E-state index >= 15 is 0 Å². The molecular formula is C13H14ClN3O3. The lowest BCUT2D eigenvalue weighted by molar-refractivity contribution is 0.174. The number of ether oxygens (including phenoxy) is 2. The zero-order valence-corrected chi connectivity index (χ0v) is 11.7. The summed E-state index contributed by atoms with van der Waals surface area (Å²) in [5, 5.41) is 7.61. The lowest BCUT2D eigenvalue weighted by Crippen LogP contribution is -2.16. The molecule has 0 radical (unpaired) electrons. The molecule has 20 heavy (non-hydrogen) atoms. The van der Waals surface area contributed by atoms with Crippen LogP contribution in [0.15, 0.2) is 16.7 Å². The van der Waals surface area contributed by atoms with E-state index in [2.05, 4.69) is 15.5 Å². The molecule has 3 rings (SSSR count). The number of hydrogen-bond acceptors (Lipinski definition) is 6. The van der Waals surface area contributed by atoms with Gasteiger partial charge in [0, 0.05) is 19.5 Å². The molecule has 7 heteroatoms. The molecule has 1 aliphatic rings. The third-order valence-electron chi connectivity index (χ3n) is 2.90. The molecule has 0 saturated carbocycles. The van der Waals surface area contributed by atoms with Crippen LogP contribution < -0.4 is 14.8 Å². The highest BCUT2D eigenvalue weighted by atomic mass is 35.5. The largest absolute Gasteiger partial charge is 0.454 e. The molecule has 0 spiro atoms. The molecule has 1 aromatic heterocycles. The van der Waals surface area contributed by atoms with Crippen molar-refractivity contribution in [2.75, 3.05) is 13.3 Å². The van der Waals surface area contributed by atoms with Crippen molar-refractivity contribution in [3.63, 3.8) is 0 Å². The second kappa shape index (κ2) is 5.68. The van der Waals surface area contributed by atoms with Gasteiger partial charge in [-0.15, -0.1) is 0 Å². The summed E-state index contributed by atoms with van der Waals surface area (Å²) in [5.41, 5.74) is 1.04. The monoisotopic (exact) mass is 295 g/mol. The SMILES string of the molecule is Cc1noc(CCNCc2cc(Cl)c3c(c2)OCO3)n1. The van der Waals surface area contributed by atoms with Crippen LogP contribution in [0.3, 0.4) is 0 Å². The first-order chi connectivity index (χ1) is 9.72. The summed E-state index contributed by atoms with van der Waals surface area (Å²) >= 11 is 6.12. The summed E-state index contributed by atoms with van der Waals surface area (Å²) in [6, 6.07) is 3.80. The molecule has 1 aliphatic heterocycles. The molecule has 0 fully saturated rings. The maximum absolute atomic E-state index is 6.12. The predicted octanol–water partition coefficient (Wildman–Crippen LogP) is 2.09. The van der Waals surface area contributed by atoms with Crippen molar-refractivity contribution in [3.8, 4) is 11.5 Å². The zero-order valence-electron chi connectivity index (χ0n) is 11.0. The topological polar surface area (TPSA) is 69.4 Å². The Bertz CT molecular complexity index is 615. The number of benzene rings is 1. The van der Waals surface area contributed by atoms with Crippen molar-refractivity contribution in [1.82, 2.24) is 15.5 Å². The van der Waals surface area contributed by atoms with Crippen LogP contribution in [0, 0.1) is 6.92 Å². The van der Waals surface area contributed by atoms with E-state index in [9.17, 15) is 0 Å². The Balaban J connectivity index is 1.52. The fourth-order valence-corrected chi connectivity index (χ4v) is 2.28. The van der Waals surface area contributed by atoms with Gasteiger partial charge in [0.1, 0.15) is 0 Å². The van der Waals surface area contributed by atoms with E-state index in [1.165, 1.54) is 0 Å². The van der Waals surface area contributed by atoms with Crippen molar-refractivity contribution in [2.24, 2.45) is 0 Å². The van der Waals surface area contributed by atoms with Gasteiger partial charge >= 0.3 is 0 Å². The molecule has 0 saturated heterocycles. The lowest BCUT2D eigenvalue weighted by Gasteiger charge is -2.06. The van der Waals surface area contributed by atoms with E-state index in [1.807, 2.05) is 12.1 Å². The molecule has 0 atom stereocenters. The zero-order chi connectivity index (χ0) is 13.9. The number of nitrogens with zero attached hydrogens (tertiary/aromatic N) is 2. The van der Waals surface area contributed by atoms with Crippen molar-refractivity contribution >= 4 is 11.6 Å². The van der Waals surface area contributed by atoms with Crippen LogP contribution in [0.5, 0.6) is 11.5 Å². The molecule has 0 unspecified atom stereocenters. The van der Waals surface area contributed by atoms with Gasteiger partial charge in [0.2, 0.25) is 12.7 Å². The molecule has 106 valence electrons. The maximum atomic E-state index is 6.12. The van der Waals surface area contributed by atoms with E-state index in [0.717, 1.165) is 12.1 Å². The van der Waals surface area contributed by atoms with Crippen molar-refractivity contribution in [2.45, 2.75) is 19.9 Å². The maximum Gasteiger partial charge on any atom is 0.231 e. The highest BCUT2D eigenvalue weighted by molar-refractivity contribution is 6.32. The minimum Gasteiger partial charge on any atom is -0.454 e. The first kappa shape index (κ1) is 13.2. The van der Waals surface area contributed by atoms with E-state index < -0.39 is 0 Å². The van der Waals surface area contributed by atoms with Crippen LogP contribution >= 0.6 is 11.6 Å². The highest BCUT2D eigenvalue weighted by Gasteiger charge is 2.18. The van der Waals surface area contributed by atoms with Gasteiger partial charge in [0.15, 0.2) is 17.3 Å². The Morgan fingerprint density at radius 2 is 2.25 bits per heavy atom. The smallest absolute Gasteiger partial charge is 0.231 e. The Morgan fingerprint density at radius 1 is 1.35 bits per heavy atom. The number of halogens is 1. The van der Waals surface area contributed by atoms with E-state index in [1.54, 1.807) is 6.92 Å². The summed E-state index contributed by atoms with van der Waals surface area (Å²) in [7, 11) is 0. The molecule has 0 bridgehead atoms. The van der Waals surface area contributed by atoms with Gasteiger partial charge in [-0.3, -0.25) is 0 Å². The first-order valence-corrected chi connectivity index (χ1v) is 6.68. The fraction of sp³-hybridized carbons (Fsp3) is 0.385. The molecule has 2 aromatic rings. The summed E-state index contributed by atoms with van der Waals surface area (Å²) < 4.78 is 15.6. The molecule has 0 amide bonds. The second-order valence-electron chi connectivity index (χ2n) is 4.47. The summed E-state index contributed by atoms with van der Waals surface area (Å²) in [5.74, 6) is 2.61. The molecule has 2 heterocycles. The minimum absolute atomic E-state index is 0.225. The number of hydrogen-bond donors (Lipinski definition) is 1.